The summed E-state index contributed by atoms with van der Waals surface area (Å²) in [5.74, 6) is -0.460. The van der Waals surface area contributed by atoms with E-state index in [1.165, 1.54) is 30.5 Å². The third kappa shape index (κ3) is 3.44. The first-order valence-electron chi connectivity index (χ1n) is 6.36. The third-order valence-electron chi connectivity index (χ3n) is 3.03. The smallest absolute Gasteiger partial charge is 0.242 e. The molecule has 2 rings (SSSR count). The van der Waals surface area contributed by atoms with E-state index in [1.807, 2.05) is 0 Å². The Hall–Kier alpha value is -1.83. The van der Waals surface area contributed by atoms with Crippen molar-refractivity contribution in [2.24, 2.45) is 5.73 Å². The zero-order chi connectivity index (χ0) is 15.5. The highest BCUT2D eigenvalue weighted by Gasteiger charge is 2.22. The van der Waals surface area contributed by atoms with Crippen LogP contribution in [0.2, 0.25) is 0 Å². The Morgan fingerprint density at radius 2 is 2.00 bits per heavy atom. The average molecular weight is 309 g/mol. The highest BCUT2D eigenvalue weighted by atomic mass is 32.2. The molecule has 1 heterocycles. The van der Waals surface area contributed by atoms with Crippen LogP contribution >= 0.6 is 0 Å². The first kappa shape index (κ1) is 15.6. The molecular formula is C14H16FN3O2S. The standard InChI is InChI=1S/C14H16FN3O2S/c1-10(11-5-2-3-6-12(11)15)18-21(19,20)14-7-4-8-17-13(14)9-16/h2-8,10,18H,9,16H2,1H3. The molecule has 0 saturated carbocycles. The summed E-state index contributed by atoms with van der Waals surface area (Å²) < 4.78 is 40.9. The van der Waals surface area contributed by atoms with Gasteiger partial charge in [-0.3, -0.25) is 4.98 Å². The number of hydrogen-bond donors (Lipinski definition) is 2. The minimum absolute atomic E-state index is 0.00512. The predicted octanol–water partition coefficient (Wildman–Crippen LogP) is 1.72. The number of nitrogens with two attached hydrogens (primary N) is 1. The van der Waals surface area contributed by atoms with Crippen LogP contribution < -0.4 is 10.5 Å². The van der Waals surface area contributed by atoms with Crippen LogP contribution in [0.1, 0.15) is 24.2 Å². The van der Waals surface area contributed by atoms with E-state index in [4.69, 9.17) is 5.73 Å². The molecule has 5 nitrogen and oxygen atoms in total. The van der Waals surface area contributed by atoms with Gasteiger partial charge in [-0.2, -0.15) is 0 Å². The van der Waals surface area contributed by atoms with Crippen LogP contribution in [0.4, 0.5) is 4.39 Å². The van der Waals surface area contributed by atoms with Crippen LogP contribution in [0.25, 0.3) is 0 Å². The molecule has 0 fully saturated rings. The van der Waals surface area contributed by atoms with Gasteiger partial charge in [-0.05, 0) is 25.1 Å². The Balaban J connectivity index is 2.32. The fourth-order valence-corrected chi connectivity index (χ4v) is 3.43. The second-order valence-corrected chi connectivity index (χ2v) is 6.20. The molecule has 7 heteroatoms. The Morgan fingerprint density at radius 1 is 1.29 bits per heavy atom. The van der Waals surface area contributed by atoms with Crippen molar-refractivity contribution in [2.45, 2.75) is 24.4 Å². The van der Waals surface area contributed by atoms with Gasteiger partial charge < -0.3 is 5.73 Å². The van der Waals surface area contributed by atoms with Crippen molar-refractivity contribution in [2.75, 3.05) is 0 Å². The Morgan fingerprint density at radius 3 is 2.67 bits per heavy atom. The van der Waals surface area contributed by atoms with Crippen molar-refractivity contribution in [1.29, 1.82) is 0 Å². The van der Waals surface area contributed by atoms with Gasteiger partial charge in [-0.15, -0.1) is 0 Å². The van der Waals surface area contributed by atoms with Crippen molar-refractivity contribution < 1.29 is 12.8 Å². The molecule has 1 aromatic heterocycles. The van der Waals surface area contributed by atoms with Gasteiger partial charge in [0.05, 0.1) is 5.69 Å². The molecule has 112 valence electrons. The number of pyridine rings is 1. The number of rotatable bonds is 5. The van der Waals surface area contributed by atoms with E-state index < -0.39 is 21.9 Å². The number of halogens is 1. The summed E-state index contributed by atoms with van der Waals surface area (Å²) in [7, 11) is -3.83. The molecule has 0 amide bonds. The van der Waals surface area contributed by atoms with Crippen LogP contribution in [-0.2, 0) is 16.6 Å². The van der Waals surface area contributed by atoms with Gasteiger partial charge in [-0.25, -0.2) is 17.5 Å². The molecule has 0 bridgehead atoms. The molecule has 3 N–H and O–H groups in total. The van der Waals surface area contributed by atoms with E-state index in [9.17, 15) is 12.8 Å². The first-order chi connectivity index (χ1) is 9.95. The van der Waals surface area contributed by atoms with Gasteiger partial charge >= 0.3 is 0 Å². The van der Waals surface area contributed by atoms with E-state index in [0.29, 0.717) is 0 Å². The van der Waals surface area contributed by atoms with Crippen LogP contribution in [0, 0.1) is 5.82 Å². The number of sulfonamides is 1. The van der Waals surface area contributed by atoms with Crippen LogP contribution in [0.5, 0.6) is 0 Å². The van der Waals surface area contributed by atoms with Crippen molar-refractivity contribution in [3.8, 4) is 0 Å². The first-order valence-corrected chi connectivity index (χ1v) is 7.84. The average Bonchev–Trinajstić information content (AvgIpc) is 2.47. The fourth-order valence-electron chi connectivity index (χ4n) is 2.01. The molecule has 0 radical (unpaired) electrons. The lowest BCUT2D eigenvalue weighted by atomic mass is 10.1. The van der Waals surface area contributed by atoms with E-state index >= 15 is 0 Å². The lowest BCUT2D eigenvalue weighted by molar-refractivity contribution is 0.548. The maximum atomic E-state index is 13.7. The molecule has 1 aromatic carbocycles. The zero-order valence-corrected chi connectivity index (χ0v) is 12.3. The molecule has 1 atom stereocenters. The Labute approximate surface area is 123 Å². The van der Waals surface area contributed by atoms with Gasteiger partial charge in [0.15, 0.2) is 0 Å². The Bertz CT molecular complexity index is 735. The minimum atomic E-state index is -3.83. The van der Waals surface area contributed by atoms with Crippen LogP contribution in [0.15, 0.2) is 47.5 Å². The Kier molecular flexibility index (Phi) is 4.66. The summed E-state index contributed by atoms with van der Waals surface area (Å²) in [5, 5.41) is 0. The second-order valence-electron chi connectivity index (χ2n) is 4.52. The molecule has 21 heavy (non-hydrogen) atoms. The molecule has 2 aromatic rings. The summed E-state index contributed by atoms with van der Waals surface area (Å²) in [6.45, 7) is 1.58. The molecule has 1 unspecified atom stereocenters. The quantitative estimate of drug-likeness (QED) is 0.880. The highest BCUT2D eigenvalue weighted by molar-refractivity contribution is 7.89. The largest absolute Gasteiger partial charge is 0.325 e. The van der Waals surface area contributed by atoms with Crippen molar-refractivity contribution in [1.82, 2.24) is 9.71 Å². The molecule has 0 spiro atoms. The van der Waals surface area contributed by atoms with Crippen molar-refractivity contribution in [3.05, 3.63) is 59.7 Å². The third-order valence-corrected chi connectivity index (χ3v) is 4.65. The topological polar surface area (TPSA) is 85.1 Å². The summed E-state index contributed by atoms with van der Waals surface area (Å²) in [6, 6.07) is 8.26. The van der Waals surface area contributed by atoms with Gasteiger partial charge in [0.25, 0.3) is 0 Å². The summed E-state index contributed by atoms with van der Waals surface area (Å²) in [5.41, 5.74) is 6.04. The minimum Gasteiger partial charge on any atom is -0.325 e. The second kappa shape index (κ2) is 6.30. The van der Waals surface area contributed by atoms with Gasteiger partial charge in [0, 0.05) is 24.3 Å². The van der Waals surface area contributed by atoms with E-state index in [1.54, 1.807) is 19.1 Å². The monoisotopic (exact) mass is 309 g/mol. The normalized spacial score (nSPS) is 13.1. The number of benzene rings is 1. The van der Waals surface area contributed by atoms with Gasteiger partial charge in [0.1, 0.15) is 10.7 Å². The molecular weight excluding hydrogens is 293 g/mol. The summed E-state index contributed by atoms with van der Waals surface area (Å²) >= 11 is 0. The van der Waals surface area contributed by atoms with Gasteiger partial charge in [-0.1, -0.05) is 18.2 Å². The number of nitrogens with zero attached hydrogens (tertiary/aromatic N) is 1. The summed E-state index contributed by atoms with van der Waals surface area (Å²) in [6.07, 6.45) is 1.47. The maximum absolute atomic E-state index is 13.7. The van der Waals surface area contributed by atoms with E-state index in [-0.39, 0.29) is 22.7 Å². The predicted molar refractivity (Wildman–Crippen MR) is 77.3 cm³/mol. The number of aromatic nitrogens is 1. The molecule has 0 saturated heterocycles. The van der Waals surface area contributed by atoms with Crippen molar-refractivity contribution in [3.63, 3.8) is 0 Å². The van der Waals surface area contributed by atoms with E-state index in [2.05, 4.69) is 9.71 Å². The molecule has 0 aliphatic carbocycles. The van der Waals surface area contributed by atoms with E-state index in [0.717, 1.165) is 0 Å². The van der Waals surface area contributed by atoms with Crippen LogP contribution in [-0.4, -0.2) is 13.4 Å². The maximum Gasteiger partial charge on any atom is 0.242 e. The zero-order valence-electron chi connectivity index (χ0n) is 11.5. The molecule has 0 aliphatic heterocycles. The molecule has 0 aliphatic rings. The number of hydrogen-bond acceptors (Lipinski definition) is 4. The lowest BCUT2D eigenvalue weighted by Gasteiger charge is -2.16. The summed E-state index contributed by atoms with van der Waals surface area (Å²) in [4.78, 5) is 3.95. The van der Waals surface area contributed by atoms with Crippen LogP contribution in [0.3, 0.4) is 0 Å². The fraction of sp³-hybridized carbons (Fsp3) is 0.214. The lowest BCUT2D eigenvalue weighted by Crippen LogP contribution is -2.28. The highest BCUT2D eigenvalue weighted by Crippen LogP contribution is 2.20. The number of nitrogens with one attached hydrogen (secondary N) is 1. The SMILES string of the molecule is CC(NS(=O)(=O)c1cccnc1CN)c1ccccc1F. The van der Waals surface area contributed by atoms with Crippen molar-refractivity contribution >= 4 is 10.0 Å². The van der Waals surface area contributed by atoms with Gasteiger partial charge in [0.2, 0.25) is 10.0 Å².